The zero-order valence-electron chi connectivity index (χ0n) is 23.4. The molecule has 0 saturated carbocycles. The van der Waals surface area contributed by atoms with E-state index in [1.54, 1.807) is 0 Å². The van der Waals surface area contributed by atoms with Crippen molar-refractivity contribution in [3.63, 3.8) is 0 Å². The van der Waals surface area contributed by atoms with E-state index >= 15 is 0 Å². The second-order valence-electron chi connectivity index (χ2n) is 11.2. The maximum absolute atomic E-state index is 10.5. The molecule has 0 aliphatic carbocycles. The van der Waals surface area contributed by atoms with Crippen molar-refractivity contribution < 1.29 is 12.6 Å². The van der Waals surface area contributed by atoms with Crippen LogP contribution >= 0.6 is 0 Å². The molecule has 1 heterocycles. The molecule has 0 fully saturated rings. The van der Waals surface area contributed by atoms with Crippen LogP contribution in [0.15, 0.2) is 0 Å². The van der Waals surface area contributed by atoms with Gasteiger partial charge in [-0.25, -0.2) is 0 Å². The predicted octanol–water partition coefficient (Wildman–Crippen LogP) is 8.84. The van der Waals surface area contributed by atoms with Crippen molar-refractivity contribution in [1.29, 1.82) is 0 Å². The highest BCUT2D eigenvalue weighted by Crippen LogP contribution is 2.44. The van der Waals surface area contributed by atoms with Gasteiger partial charge in [0.2, 0.25) is 0 Å². The van der Waals surface area contributed by atoms with Crippen LogP contribution in [0.5, 0.6) is 11.5 Å². The highest BCUT2D eigenvalue weighted by Gasteiger charge is 2.34. The van der Waals surface area contributed by atoms with Crippen molar-refractivity contribution in [2.75, 3.05) is 0 Å². The Kier molecular flexibility index (Phi) is 8.62. The molecule has 0 bridgehead atoms. The predicted molar refractivity (Wildman–Crippen MR) is 134 cm³/mol. The Morgan fingerprint density at radius 1 is 0.903 bits per heavy atom. The zero-order chi connectivity index (χ0) is 24.8. The van der Waals surface area contributed by atoms with Gasteiger partial charge in [0.1, 0.15) is 17.1 Å². The Balaban J connectivity index is 1.81. The second-order valence-corrected chi connectivity index (χ2v) is 11.2. The standard InChI is InChI=1S/C29H50O2/c1-20(2)12-9-13-21(3)14-10-15-22(4)16-11-18-29(8)19-17-26-25(7)27(30)23(5)24(6)28(26)31-29/h20-22,30H,9-19H2,1-8H3/t21-,22-,29-/m1/s1/i7D2. The lowest BCUT2D eigenvalue weighted by Gasteiger charge is -2.38. The first-order valence-electron chi connectivity index (χ1n) is 14.0. The van der Waals surface area contributed by atoms with Crippen LogP contribution in [0.25, 0.3) is 0 Å². The molecule has 1 aromatic carbocycles. The van der Waals surface area contributed by atoms with E-state index in [9.17, 15) is 5.11 Å². The third-order valence-electron chi connectivity index (χ3n) is 7.64. The summed E-state index contributed by atoms with van der Waals surface area (Å²) in [5, 5.41) is 10.5. The van der Waals surface area contributed by atoms with Gasteiger partial charge in [-0.1, -0.05) is 72.6 Å². The average molecular weight is 433 g/mol. The van der Waals surface area contributed by atoms with Gasteiger partial charge in [-0.3, -0.25) is 0 Å². The van der Waals surface area contributed by atoms with Gasteiger partial charge >= 0.3 is 0 Å². The third kappa shape index (κ3) is 7.43. The molecule has 31 heavy (non-hydrogen) atoms. The summed E-state index contributed by atoms with van der Waals surface area (Å²) < 4.78 is 22.4. The highest BCUT2D eigenvalue weighted by atomic mass is 16.5. The first-order valence-corrected chi connectivity index (χ1v) is 12.8. The number of phenolic OH excluding ortho intramolecular Hbond substituents is 1. The highest BCUT2D eigenvalue weighted by molar-refractivity contribution is 5.58. The van der Waals surface area contributed by atoms with E-state index in [0.29, 0.717) is 5.56 Å². The molecule has 0 aromatic heterocycles. The van der Waals surface area contributed by atoms with Gasteiger partial charge in [-0.05, 0) is 87.8 Å². The molecule has 1 aliphatic heterocycles. The topological polar surface area (TPSA) is 29.5 Å². The molecule has 0 saturated heterocycles. The first kappa shape index (κ1) is 23.0. The largest absolute Gasteiger partial charge is 0.507 e. The van der Waals surface area contributed by atoms with Gasteiger partial charge in [-0.15, -0.1) is 0 Å². The van der Waals surface area contributed by atoms with Gasteiger partial charge in [0.25, 0.3) is 0 Å². The fourth-order valence-corrected chi connectivity index (χ4v) is 5.09. The van der Waals surface area contributed by atoms with Crippen molar-refractivity contribution in [1.82, 2.24) is 0 Å². The summed E-state index contributed by atoms with van der Waals surface area (Å²) in [6.45, 7) is 14.3. The SMILES string of the molecule is [2H]C([2H])c1c(O)c(C)c(C)c2c1CC[C@@](C)(CCC[C@H](C)CCC[C@H](C)CCCC(C)C)O2. The number of benzene rings is 1. The molecular weight excluding hydrogens is 380 g/mol. The molecular formula is C29H50O2. The normalized spacial score (nSPS) is 21.5. The Labute approximate surface area is 196 Å². The summed E-state index contributed by atoms with van der Waals surface area (Å²) in [6, 6.07) is 0. The summed E-state index contributed by atoms with van der Waals surface area (Å²) >= 11 is 0. The van der Waals surface area contributed by atoms with Gasteiger partial charge in [0.15, 0.2) is 0 Å². The second kappa shape index (κ2) is 11.6. The molecule has 178 valence electrons. The third-order valence-corrected chi connectivity index (χ3v) is 7.64. The molecule has 3 atom stereocenters. The van der Waals surface area contributed by atoms with Gasteiger partial charge in [0, 0.05) is 8.30 Å². The summed E-state index contributed by atoms with van der Waals surface area (Å²) in [5.74, 6) is 3.37. The van der Waals surface area contributed by atoms with Crippen molar-refractivity contribution in [3.05, 3.63) is 22.3 Å². The lowest BCUT2D eigenvalue weighted by molar-refractivity contribution is 0.0512. The molecule has 1 N–H and O–H groups in total. The number of hydrogen-bond acceptors (Lipinski definition) is 2. The Morgan fingerprint density at radius 2 is 1.48 bits per heavy atom. The number of aromatic hydroxyl groups is 1. The summed E-state index contributed by atoms with van der Waals surface area (Å²) in [4.78, 5) is 0. The lowest BCUT2D eigenvalue weighted by atomic mass is 9.84. The molecule has 0 amide bonds. The number of rotatable bonds is 12. The van der Waals surface area contributed by atoms with Crippen molar-refractivity contribution in [2.45, 2.75) is 132 Å². The molecule has 1 aliphatic rings. The minimum absolute atomic E-state index is 0.108. The fourth-order valence-electron chi connectivity index (χ4n) is 5.09. The van der Waals surface area contributed by atoms with Crippen LogP contribution in [-0.2, 0) is 6.42 Å². The van der Waals surface area contributed by atoms with E-state index in [4.69, 9.17) is 7.48 Å². The van der Waals surface area contributed by atoms with Gasteiger partial charge < -0.3 is 9.84 Å². The number of ether oxygens (including phenoxy) is 1. The van der Waals surface area contributed by atoms with Crippen LogP contribution in [0.4, 0.5) is 0 Å². The maximum Gasteiger partial charge on any atom is 0.127 e. The van der Waals surface area contributed by atoms with E-state index in [2.05, 4.69) is 34.6 Å². The lowest BCUT2D eigenvalue weighted by Crippen LogP contribution is -2.37. The van der Waals surface area contributed by atoms with Crippen molar-refractivity contribution in [3.8, 4) is 11.5 Å². The van der Waals surface area contributed by atoms with Crippen LogP contribution in [0.3, 0.4) is 0 Å². The van der Waals surface area contributed by atoms with E-state index in [-0.39, 0.29) is 11.4 Å². The van der Waals surface area contributed by atoms with E-state index in [0.717, 1.165) is 59.5 Å². The van der Waals surface area contributed by atoms with Crippen molar-refractivity contribution >= 4 is 0 Å². The molecule has 2 rings (SSSR count). The maximum atomic E-state index is 10.5. The Morgan fingerprint density at radius 3 is 2.06 bits per heavy atom. The summed E-state index contributed by atoms with van der Waals surface area (Å²) in [7, 11) is 0. The minimum atomic E-state index is -1.19. The molecule has 0 spiro atoms. The van der Waals surface area contributed by atoms with Crippen LogP contribution in [0.1, 0.15) is 124 Å². The zero-order valence-corrected chi connectivity index (χ0v) is 21.4. The van der Waals surface area contributed by atoms with Crippen LogP contribution in [0, 0.1) is 38.5 Å². The summed E-state index contributed by atoms with van der Waals surface area (Å²) in [6.07, 6.45) is 13.2. The van der Waals surface area contributed by atoms with Crippen LogP contribution < -0.4 is 4.74 Å². The first-order chi connectivity index (χ1) is 15.4. The Hall–Kier alpha value is -1.18. The molecule has 1 aromatic rings. The number of hydrogen-bond donors (Lipinski definition) is 1. The van der Waals surface area contributed by atoms with Crippen LogP contribution in [-0.4, -0.2) is 10.7 Å². The van der Waals surface area contributed by atoms with Crippen LogP contribution in [0.2, 0.25) is 0 Å². The number of phenols is 1. The average Bonchev–Trinajstić information content (AvgIpc) is 2.72. The van der Waals surface area contributed by atoms with Crippen molar-refractivity contribution in [2.24, 2.45) is 17.8 Å². The van der Waals surface area contributed by atoms with E-state index in [1.807, 2.05) is 13.8 Å². The monoisotopic (exact) mass is 432 g/mol. The number of fused-ring (bicyclic) bond motifs is 1. The minimum Gasteiger partial charge on any atom is -0.507 e. The smallest absolute Gasteiger partial charge is 0.127 e. The quantitative estimate of drug-likeness (QED) is 0.357. The van der Waals surface area contributed by atoms with E-state index in [1.165, 1.54) is 51.4 Å². The van der Waals surface area contributed by atoms with Gasteiger partial charge in [-0.2, -0.15) is 0 Å². The molecule has 0 radical (unpaired) electrons. The molecule has 0 unspecified atom stereocenters. The molecule has 2 nitrogen and oxygen atoms in total. The van der Waals surface area contributed by atoms with E-state index < -0.39 is 6.88 Å². The Bertz CT molecular complexity index is 759. The fraction of sp³-hybridized carbons (Fsp3) is 0.793. The summed E-state index contributed by atoms with van der Waals surface area (Å²) in [5.41, 5.74) is 2.79. The van der Waals surface area contributed by atoms with Gasteiger partial charge in [0.05, 0.1) is 0 Å². The molecule has 2 heteroatoms.